The minimum atomic E-state index is -0.457. The Morgan fingerprint density at radius 3 is 2.26 bits per heavy atom. The Balaban J connectivity index is 1.42. The van der Waals surface area contributed by atoms with Crippen molar-refractivity contribution in [2.75, 3.05) is 19.6 Å². The molecule has 0 aliphatic carbocycles. The molecule has 0 saturated heterocycles. The van der Waals surface area contributed by atoms with Crippen LogP contribution in [0.5, 0.6) is 11.5 Å². The highest BCUT2D eigenvalue weighted by molar-refractivity contribution is 8.00. The fourth-order valence-electron chi connectivity index (χ4n) is 3.92. The summed E-state index contributed by atoms with van der Waals surface area (Å²) in [4.78, 5) is 13.4. The minimum Gasteiger partial charge on any atom is -0.497 e. The summed E-state index contributed by atoms with van der Waals surface area (Å²) in [6, 6.07) is 24.9. The van der Waals surface area contributed by atoms with Crippen LogP contribution in [0.15, 0.2) is 84.0 Å². The van der Waals surface area contributed by atoms with Crippen molar-refractivity contribution in [2.24, 2.45) is 0 Å². The van der Waals surface area contributed by atoms with Crippen LogP contribution in [0.2, 0.25) is 0 Å². The van der Waals surface area contributed by atoms with Crippen LogP contribution in [0.1, 0.15) is 17.2 Å². The van der Waals surface area contributed by atoms with Gasteiger partial charge in [0.1, 0.15) is 16.7 Å². The van der Waals surface area contributed by atoms with Crippen molar-refractivity contribution in [2.45, 2.75) is 23.0 Å². The standard InChI is InChI=1S/C26H25N5O3S/c1-33-20-12-8-17(9-13-20)16-27-25(32)23-22(18-10-14-21(34-2)15-11-18)30-31-24(28-29-26(31)35-23)19-6-4-3-5-7-19/h3-15,22-23,30H,16H2,1-2H3,(H,27,32)/t22-,23-/m0/s1. The zero-order valence-corrected chi connectivity index (χ0v) is 20.2. The summed E-state index contributed by atoms with van der Waals surface area (Å²) in [5.74, 6) is 2.14. The molecule has 3 aromatic carbocycles. The first-order valence-corrected chi connectivity index (χ1v) is 12.0. The molecule has 1 amide bonds. The number of rotatable bonds is 7. The second kappa shape index (κ2) is 10.1. The van der Waals surface area contributed by atoms with Gasteiger partial charge in [-0.05, 0) is 35.4 Å². The number of nitrogens with zero attached hydrogens (tertiary/aromatic N) is 3. The topological polar surface area (TPSA) is 90.3 Å². The lowest BCUT2D eigenvalue weighted by atomic mass is 10.0. The molecule has 2 atom stereocenters. The highest BCUT2D eigenvalue weighted by Crippen LogP contribution is 2.39. The van der Waals surface area contributed by atoms with Gasteiger partial charge in [0.2, 0.25) is 11.1 Å². The van der Waals surface area contributed by atoms with E-state index in [1.165, 1.54) is 11.8 Å². The lowest BCUT2D eigenvalue weighted by molar-refractivity contribution is -0.121. The van der Waals surface area contributed by atoms with Crippen LogP contribution >= 0.6 is 11.8 Å². The number of aromatic nitrogens is 3. The molecule has 0 bridgehead atoms. The van der Waals surface area contributed by atoms with Crippen molar-refractivity contribution in [1.82, 2.24) is 20.2 Å². The number of hydrogen-bond acceptors (Lipinski definition) is 7. The molecule has 0 spiro atoms. The van der Waals surface area contributed by atoms with E-state index in [2.05, 4.69) is 20.9 Å². The summed E-state index contributed by atoms with van der Waals surface area (Å²) in [6.45, 7) is 0.414. The molecule has 0 radical (unpaired) electrons. The summed E-state index contributed by atoms with van der Waals surface area (Å²) in [7, 11) is 3.26. The number of carbonyl (C=O) groups excluding carboxylic acids is 1. The lowest BCUT2D eigenvalue weighted by Crippen LogP contribution is -2.43. The molecule has 2 N–H and O–H groups in total. The summed E-state index contributed by atoms with van der Waals surface area (Å²) in [6.07, 6.45) is 0. The van der Waals surface area contributed by atoms with Gasteiger partial charge in [-0.25, -0.2) is 4.68 Å². The van der Waals surface area contributed by atoms with Crippen LogP contribution in [-0.2, 0) is 11.3 Å². The molecule has 2 heterocycles. The molecule has 5 rings (SSSR count). The number of methoxy groups -OCH3 is 2. The molecular formula is C26H25N5O3S. The molecule has 1 aliphatic rings. The highest BCUT2D eigenvalue weighted by Gasteiger charge is 2.38. The first-order valence-electron chi connectivity index (χ1n) is 11.1. The summed E-state index contributed by atoms with van der Waals surface area (Å²) in [5.41, 5.74) is 6.38. The first kappa shape index (κ1) is 22.8. The quantitative estimate of drug-likeness (QED) is 0.407. The van der Waals surface area contributed by atoms with Gasteiger partial charge in [-0.2, -0.15) is 0 Å². The number of benzene rings is 3. The smallest absolute Gasteiger partial charge is 0.236 e. The van der Waals surface area contributed by atoms with Crippen molar-refractivity contribution in [3.05, 3.63) is 90.0 Å². The van der Waals surface area contributed by atoms with Gasteiger partial charge < -0.3 is 20.2 Å². The maximum atomic E-state index is 13.4. The zero-order valence-electron chi connectivity index (χ0n) is 19.3. The van der Waals surface area contributed by atoms with E-state index < -0.39 is 5.25 Å². The van der Waals surface area contributed by atoms with E-state index in [0.717, 1.165) is 28.2 Å². The normalized spacial score (nSPS) is 16.6. The van der Waals surface area contributed by atoms with Gasteiger partial charge in [0.05, 0.1) is 20.3 Å². The minimum absolute atomic E-state index is 0.0883. The predicted octanol–water partition coefficient (Wildman–Crippen LogP) is 4.04. The molecule has 1 aromatic heterocycles. The van der Waals surface area contributed by atoms with Crippen LogP contribution in [-0.4, -0.2) is 40.3 Å². The van der Waals surface area contributed by atoms with Gasteiger partial charge >= 0.3 is 0 Å². The molecule has 0 unspecified atom stereocenters. The molecule has 1 aliphatic heterocycles. The average molecular weight is 488 g/mol. The van der Waals surface area contributed by atoms with Gasteiger partial charge in [-0.15, -0.1) is 10.2 Å². The highest BCUT2D eigenvalue weighted by atomic mass is 32.2. The number of amides is 1. The van der Waals surface area contributed by atoms with Crippen molar-refractivity contribution in [3.63, 3.8) is 0 Å². The predicted molar refractivity (Wildman–Crippen MR) is 135 cm³/mol. The summed E-state index contributed by atoms with van der Waals surface area (Å²) in [5, 5.41) is 12.0. The Bertz CT molecular complexity index is 1290. The van der Waals surface area contributed by atoms with Crippen LogP contribution in [0, 0.1) is 0 Å². The molecule has 0 fully saturated rings. The second-order valence-corrected chi connectivity index (χ2v) is 9.10. The lowest BCUT2D eigenvalue weighted by Gasteiger charge is -2.33. The Morgan fingerprint density at radius 1 is 0.943 bits per heavy atom. The van der Waals surface area contributed by atoms with Crippen molar-refractivity contribution < 1.29 is 14.3 Å². The van der Waals surface area contributed by atoms with Gasteiger partial charge in [-0.1, -0.05) is 66.4 Å². The average Bonchev–Trinajstić information content (AvgIpc) is 3.35. The maximum absolute atomic E-state index is 13.4. The van der Waals surface area contributed by atoms with Gasteiger partial charge in [0, 0.05) is 12.1 Å². The van der Waals surface area contributed by atoms with Crippen molar-refractivity contribution >= 4 is 17.7 Å². The van der Waals surface area contributed by atoms with E-state index in [4.69, 9.17) is 9.47 Å². The Hall–Kier alpha value is -3.98. The summed E-state index contributed by atoms with van der Waals surface area (Å²) >= 11 is 1.40. The number of thioether (sulfide) groups is 1. The fraction of sp³-hybridized carbons (Fsp3) is 0.192. The molecule has 9 heteroatoms. The third-order valence-electron chi connectivity index (χ3n) is 5.83. The number of ether oxygens (including phenoxy) is 2. The van der Waals surface area contributed by atoms with E-state index in [0.29, 0.717) is 17.5 Å². The third-order valence-corrected chi connectivity index (χ3v) is 7.04. The molecule has 0 saturated carbocycles. The van der Waals surface area contributed by atoms with E-state index >= 15 is 0 Å². The number of hydrogen-bond donors (Lipinski definition) is 2. The molecule has 178 valence electrons. The van der Waals surface area contributed by atoms with E-state index in [-0.39, 0.29) is 11.9 Å². The molecular weight excluding hydrogens is 462 g/mol. The van der Waals surface area contributed by atoms with Gasteiger partial charge in [0.25, 0.3) is 0 Å². The third kappa shape index (κ3) is 4.81. The van der Waals surface area contributed by atoms with Crippen LogP contribution < -0.4 is 20.2 Å². The monoisotopic (exact) mass is 487 g/mol. The number of carbonyl (C=O) groups is 1. The first-order chi connectivity index (χ1) is 17.2. The summed E-state index contributed by atoms with van der Waals surface area (Å²) < 4.78 is 12.4. The van der Waals surface area contributed by atoms with Crippen LogP contribution in [0.25, 0.3) is 11.4 Å². The van der Waals surface area contributed by atoms with Crippen LogP contribution in [0.4, 0.5) is 0 Å². The molecule has 35 heavy (non-hydrogen) atoms. The van der Waals surface area contributed by atoms with Crippen molar-refractivity contribution in [1.29, 1.82) is 0 Å². The zero-order chi connectivity index (χ0) is 24.2. The van der Waals surface area contributed by atoms with E-state index in [1.54, 1.807) is 14.2 Å². The maximum Gasteiger partial charge on any atom is 0.236 e. The van der Waals surface area contributed by atoms with E-state index in [9.17, 15) is 4.79 Å². The Morgan fingerprint density at radius 2 is 1.60 bits per heavy atom. The van der Waals surface area contributed by atoms with Gasteiger partial charge in [-0.3, -0.25) is 4.79 Å². The SMILES string of the molecule is COc1ccc(CNC(=O)[C@H]2Sc3nnc(-c4ccccc4)n3N[C@H]2c2ccc(OC)cc2)cc1. The van der Waals surface area contributed by atoms with E-state index in [1.807, 2.05) is 83.5 Å². The Labute approximate surface area is 207 Å². The Kier molecular flexibility index (Phi) is 6.58. The number of fused-ring (bicyclic) bond motifs is 1. The fourth-order valence-corrected chi connectivity index (χ4v) is 5.03. The molecule has 8 nitrogen and oxygen atoms in total. The van der Waals surface area contributed by atoms with Crippen LogP contribution in [0.3, 0.4) is 0 Å². The van der Waals surface area contributed by atoms with Crippen molar-refractivity contribution in [3.8, 4) is 22.9 Å². The van der Waals surface area contributed by atoms with Gasteiger partial charge in [0.15, 0.2) is 5.82 Å². The largest absolute Gasteiger partial charge is 0.497 e. The second-order valence-electron chi connectivity index (χ2n) is 7.99. The molecule has 4 aromatic rings. The number of nitrogens with one attached hydrogen (secondary N) is 2.